The van der Waals surface area contributed by atoms with Crippen LogP contribution in [0.4, 0.5) is 5.69 Å². The molecule has 1 rings (SSSR count). The number of hydrogen-bond acceptors (Lipinski definition) is 3. The average Bonchev–Trinajstić information content (AvgIpc) is 2.36. The molecular weight excluding hydrogens is 252 g/mol. The number of nitrogens with one attached hydrogen (secondary N) is 2. The van der Waals surface area contributed by atoms with E-state index >= 15 is 0 Å². The van der Waals surface area contributed by atoms with Gasteiger partial charge in [-0.1, -0.05) is 26.0 Å². The summed E-state index contributed by atoms with van der Waals surface area (Å²) in [6, 6.07) is 7.99. The first-order chi connectivity index (χ1) is 9.49. The number of carbonyl (C=O) groups is 1. The normalized spacial score (nSPS) is 10.9. The number of benzene rings is 1. The summed E-state index contributed by atoms with van der Waals surface area (Å²) in [4.78, 5) is 11.9. The fourth-order valence-electron chi connectivity index (χ4n) is 1.78. The fourth-order valence-corrected chi connectivity index (χ4v) is 1.78. The van der Waals surface area contributed by atoms with Crippen molar-refractivity contribution in [2.24, 2.45) is 0 Å². The van der Waals surface area contributed by atoms with Crippen LogP contribution < -0.4 is 15.4 Å². The average molecular weight is 278 g/mol. The Morgan fingerprint density at radius 1 is 1.20 bits per heavy atom. The highest BCUT2D eigenvalue weighted by atomic mass is 16.5. The van der Waals surface area contributed by atoms with Crippen molar-refractivity contribution >= 4 is 11.6 Å². The Hall–Kier alpha value is -1.55. The Bertz CT molecular complexity index is 417. The molecule has 0 aliphatic heterocycles. The maximum Gasteiger partial charge on any atom is 0.224 e. The van der Waals surface area contributed by atoms with Crippen LogP contribution >= 0.6 is 0 Å². The van der Waals surface area contributed by atoms with Crippen LogP contribution in [0.5, 0.6) is 5.75 Å². The molecule has 20 heavy (non-hydrogen) atoms. The maximum absolute atomic E-state index is 11.9. The number of ether oxygens (including phenoxy) is 1. The van der Waals surface area contributed by atoms with Crippen molar-refractivity contribution in [3.8, 4) is 5.75 Å². The van der Waals surface area contributed by atoms with Gasteiger partial charge in [0.15, 0.2) is 0 Å². The van der Waals surface area contributed by atoms with Crippen LogP contribution in [0.3, 0.4) is 0 Å². The summed E-state index contributed by atoms with van der Waals surface area (Å²) in [6.45, 7) is 8.99. The second kappa shape index (κ2) is 8.59. The second-order valence-electron chi connectivity index (χ2n) is 5.42. The van der Waals surface area contributed by atoms with E-state index in [2.05, 4.69) is 24.5 Å². The number of amides is 1. The van der Waals surface area contributed by atoms with Gasteiger partial charge in [0.2, 0.25) is 5.91 Å². The van der Waals surface area contributed by atoms with E-state index in [-0.39, 0.29) is 12.0 Å². The van der Waals surface area contributed by atoms with Gasteiger partial charge in [-0.15, -0.1) is 0 Å². The van der Waals surface area contributed by atoms with Gasteiger partial charge in [0.05, 0.1) is 11.8 Å². The van der Waals surface area contributed by atoms with E-state index in [1.165, 1.54) is 0 Å². The molecule has 1 aromatic rings. The molecule has 0 atom stereocenters. The van der Waals surface area contributed by atoms with Crippen molar-refractivity contribution in [2.45, 2.75) is 52.7 Å². The summed E-state index contributed by atoms with van der Waals surface area (Å²) in [5.41, 5.74) is 0.739. The third-order valence-corrected chi connectivity index (χ3v) is 2.66. The molecule has 0 heterocycles. The highest BCUT2D eigenvalue weighted by molar-refractivity contribution is 5.92. The Kier molecular flexibility index (Phi) is 7.09. The SMILES string of the molecule is CC(C)NCCCC(=O)Nc1ccccc1OC(C)C. The van der Waals surface area contributed by atoms with E-state index in [1.54, 1.807) is 0 Å². The predicted molar refractivity (Wildman–Crippen MR) is 83.2 cm³/mol. The smallest absolute Gasteiger partial charge is 0.224 e. The quantitative estimate of drug-likeness (QED) is 0.718. The second-order valence-corrected chi connectivity index (χ2v) is 5.42. The molecule has 0 fully saturated rings. The Balaban J connectivity index is 2.45. The summed E-state index contributed by atoms with van der Waals surface area (Å²) in [6.07, 6.45) is 1.43. The molecule has 0 saturated carbocycles. The molecule has 0 aromatic heterocycles. The monoisotopic (exact) mass is 278 g/mol. The lowest BCUT2D eigenvalue weighted by atomic mass is 10.2. The predicted octanol–water partition coefficient (Wildman–Crippen LogP) is 3.19. The zero-order valence-electron chi connectivity index (χ0n) is 12.9. The molecule has 112 valence electrons. The lowest BCUT2D eigenvalue weighted by Crippen LogP contribution is -2.24. The fraction of sp³-hybridized carbons (Fsp3) is 0.562. The van der Waals surface area contributed by atoms with E-state index in [0.717, 1.165) is 24.4 Å². The van der Waals surface area contributed by atoms with Crippen molar-refractivity contribution in [1.82, 2.24) is 5.32 Å². The highest BCUT2D eigenvalue weighted by Crippen LogP contribution is 2.24. The first-order valence-corrected chi connectivity index (χ1v) is 7.28. The molecule has 1 aromatic carbocycles. The van der Waals surface area contributed by atoms with Crippen molar-refractivity contribution < 1.29 is 9.53 Å². The number of carbonyl (C=O) groups excluding carboxylic acids is 1. The molecule has 0 bridgehead atoms. The lowest BCUT2D eigenvalue weighted by Gasteiger charge is -2.15. The number of rotatable bonds is 8. The molecule has 1 amide bonds. The standard InChI is InChI=1S/C16H26N2O2/c1-12(2)17-11-7-10-16(19)18-14-8-5-6-9-15(14)20-13(3)4/h5-6,8-9,12-13,17H,7,10-11H2,1-4H3,(H,18,19). The van der Waals surface area contributed by atoms with Crippen LogP contribution in [-0.2, 0) is 4.79 Å². The first kappa shape index (κ1) is 16.5. The molecule has 2 N–H and O–H groups in total. The molecule has 4 nitrogen and oxygen atoms in total. The van der Waals surface area contributed by atoms with Gasteiger partial charge in [0.25, 0.3) is 0 Å². The molecule has 4 heteroatoms. The molecule has 0 radical (unpaired) electrons. The van der Waals surface area contributed by atoms with Gasteiger partial charge in [-0.3, -0.25) is 4.79 Å². The topological polar surface area (TPSA) is 50.4 Å². The van der Waals surface area contributed by atoms with Crippen LogP contribution in [0.1, 0.15) is 40.5 Å². The number of hydrogen-bond donors (Lipinski definition) is 2. The van der Waals surface area contributed by atoms with E-state index < -0.39 is 0 Å². The largest absolute Gasteiger partial charge is 0.489 e. The van der Waals surface area contributed by atoms with Gasteiger partial charge in [0, 0.05) is 12.5 Å². The van der Waals surface area contributed by atoms with Gasteiger partial charge in [-0.05, 0) is 38.9 Å². The van der Waals surface area contributed by atoms with Crippen LogP contribution in [0.25, 0.3) is 0 Å². The van der Waals surface area contributed by atoms with E-state index in [1.807, 2.05) is 38.1 Å². The van der Waals surface area contributed by atoms with Gasteiger partial charge in [-0.25, -0.2) is 0 Å². The third-order valence-electron chi connectivity index (χ3n) is 2.66. The van der Waals surface area contributed by atoms with Crippen LogP contribution in [0.15, 0.2) is 24.3 Å². The zero-order valence-corrected chi connectivity index (χ0v) is 12.9. The Morgan fingerprint density at radius 3 is 2.55 bits per heavy atom. The van der Waals surface area contributed by atoms with Gasteiger partial charge >= 0.3 is 0 Å². The molecule has 0 saturated heterocycles. The summed E-state index contributed by atoms with van der Waals surface area (Å²) in [7, 11) is 0. The van der Waals surface area contributed by atoms with Crippen molar-refractivity contribution in [2.75, 3.05) is 11.9 Å². The minimum atomic E-state index is 0.0235. The zero-order chi connectivity index (χ0) is 15.0. The minimum Gasteiger partial charge on any atom is -0.489 e. The van der Waals surface area contributed by atoms with Crippen LogP contribution in [0.2, 0.25) is 0 Å². The summed E-state index contributed by atoms with van der Waals surface area (Å²) >= 11 is 0. The number of anilines is 1. The number of para-hydroxylation sites is 2. The van der Waals surface area contributed by atoms with Gasteiger partial charge < -0.3 is 15.4 Å². The summed E-state index contributed by atoms with van der Waals surface area (Å²) < 4.78 is 5.68. The first-order valence-electron chi connectivity index (χ1n) is 7.28. The van der Waals surface area contributed by atoms with E-state index in [4.69, 9.17) is 4.74 Å². The molecule has 0 spiro atoms. The highest BCUT2D eigenvalue weighted by Gasteiger charge is 2.08. The molecular formula is C16H26N2O2. The summed E-state index contributed by atoms with van der Waals surface area (Å²) in [5, 5.41) is 6.21. The lowest BCUT2D eigenvalue weighted by molar-refractivity contribution is -0.116. The van der Waals surface area contributed by atoms with E-state index in [9.17, 15) is 4.79 Å². The van der Waals surface area contributed by atoms with Gasteiger partial charge in [-0.2, -0.15) is 0 Å². The van der Waals surface area contributed by atoms with Crippen molar-refractivity contribution in [3.63, 3.8) is 0 Å². The Labute approximate surface area is 121 Å². The Morgan fingerprint density at radius 2 is 1.90 bits per heavy atom. The molecule has 0 unspecified atom stereocenters. The van der Waals surface area contributed by atoms with Crippen molar-refractivity contribution in [3.05, 3.63) is 24.3 Å². The van der Waals surface area contributed by atoms with Crippen LogP contribution in [-0.4, -0.2) is 24.6 Å². The van der Waals surface area contributed by atoms with Crippen LogP contribution in [0, 0.1) is 0 Å². The molecule has 0 aliphatic carbocycles. The van der Waals surface area contributed by atoms with Gasteiger partial charge in [0.1, 0.15) is 5.75 Å². The third kappa shape index (κ3) is 6.57. The van der Waals surface area contributed by atoms with E-state index in [0.29, 0.717) is 12.5 Å². The minimum absolute atomic E-state index is 0.0235. The summed E-state index contributed by atoms with van der Waals surface area (Å²) in [5.74, 6) is 0.742. The molecule has 0 aliphatic rings. The van der Waals surface area contributed by atoms with Crippen molar-refractivity contribution in [1.29, 1.82) is 0 Å². The maximum atomic E-state index is 11.9.